The number of nitrogens with one attached hydrogen (secondary N) is 1. The zero-order chi connectivity index (χ0) is 12.1. The summed E-state index contributed by atoms with van der Waals surface area (Å²) in [5.41, 5.74) is 1.22. The summed E-state index contributed by atoms with van der Waals surface area (Å²) in [4.78, 5) is 22.2. The minimum Gasteiger partial charge on any atom is -0.392 e. The quantitative estimate of drug-likeness (QED) is 0.624. The van der Waals surface area contributed by atoms with Crippen molar-refractivity contribution in [3.8, 4) is 0 Å². The minimum absolute atomic E-state index is 0.314. The first-order valence-electron chi connectivity index (χ1n) is 5.77. The van der Waals surface area contributed by atoms with E-state index in [0.717, 1.165) is 6.42 Å². The number of rotatable bonds is 4. The number of esters is 2. The average molecular weight is 233 g/mol. The topological polar surface area (TPSA) is 55.4 Å². The van der Waals surface area contributed by atoms with Gasteiger partial charge in [0.05, 0.1) is 0 Å². The van der Waals surface area contributed by atoms with E-state index < -0.39 is 11.9 Å². The third-order valence-corrected chi connectivity index (χ3v) is 2.78. The lowest BCUT2D eigenvalue weighted by Crippen LogP contribution is -2.43. The minimum atomic E-state index is -0.450. The normalized spacial score (nSPS) is 20.1. The molecule has 90 valence electrons. The number of carbonyl (C=O) groups excluding carboxylic acids is 2. The lowest BCUT2D eigenvalue weighted by molar-refractivity contribution is -0.165. The predicted molar refractivity (Wildman–Crippen MR) is 62.3 cm³/mol. The first-order chi connectivity index (χ1) is 8.25. The van der Waals surface area contributed by atoms with Gasteiger partial charge in [-0.05, 0) is 24.9 Å². The van der Waals surface area contributed by atoms with E-state index in [9.17, 15) is 9.59 Å². The Labute approximate surface area is 100.0 Å². The van der Waals surface area contributed by atoms with Crippen molar-refractivity contribution in [2.75, 3.05) is 6.54 Å². The Balaban J connectivity index is 1.75. The van der Waals surface area contributed by atoms with Crippen LogP contribution < -0.4 is 5.32 Å². The van der Waals surface area contributed by atoms with Crippen LogP contribution >= 0.6 is 0 Å². The molecule has 0 amide bonds. The smallest absolute Gasteiger partial charge is 0.330 e. The van der Waals surface area contributed by atoms with Crippen molar-refractivity contribution in [2.45, 2.75) is 25.3 Å². The summed E-state index contributed by atoms with van der Waals surface area (Å²) in [5.74, 6) is -0.870. The van der Waals surface area contributed by atoms with Crippen LogP contribution in [0, 0.1) is 0 Å². The van der Waals surface area contributed by atoms with Crippen LogP contribution in [0.25, 0.3) is 0 Å². The van der Waals surface area contributed by atoms with Crippen LogP contribution in [0.5, 0.6) is 0 Å². The molecule has 4 heteroatoms. The van der Waals surface area contributed by atoms with Gasteiger partial charge in [0.25, 0.3) is 0 Å². The summed E-state index contributed by atoms with van der Waals surface area (Å²) in [6.45, 7) is 0.706. The molecule has 0 saturated carbocycles. The van der Waals surface area contributed by atoms with Gasteiger partial charge in [0.1, 0.15) is 6.04 Å². The summed E-state index contributed by atoms with van der Waals surface area (Å²) in [6.07, 6.45) is 1.71. The molecule has 0 radical (unpaired) electrons. The maximum Gasteiger partial charge on any atom is 0.330 e. The molecule has 0 bridgehead atoms. The first-order valence-corrected chi connectivity index (χ1v) is 5.77. The maximum absolute atomic E-state index is 11.3. The molecule has 1 saturated heterocycles. The molecular formula is C13H15NO3. The third kappa shape index (κ3) is 3.39. The third-order valence-electron chi connectivity index (χ3n) is 2.78. The molecule has 0 unspecified atom stereocenters. The highest BCUT2D eigenvalue weighted by molar-refractivity contribution is 5.91. The maximum atomic E-state index is 11.3. The molecule has 0 aromatic heterocycles. The van der Waals surface area contributed by atoms with Crippen molar-refractivity contribution in [3.05, 3.63) is 35.9 Å². The molecule has 4 nitrogen and oxygen atoms in total. The van der Waals surface area contributed by atoms with Crippen LogP contribution in [-0.2, 0) is 20.7 Å². The van der Waals surface area contributed by atoms with Gasteiger partial charge in [-0.1, -0.05) is 30.3 Å². The monoisotopic (exact) mass is 233 g/mol. The van der Waals surface area contributed by atoms with Gasteiger partial charge in [-0.15, -0.1) is 0 Å². The van der Waals surface area contributed by atoms with Gasteiger partial charge in [0.2, 0.25) is 0 Å². The highest BCUT2D eigenvalue weighted by atomic mass is 16.6. The number of ether oxygens (including phenoxy) is 1. The zero-order valence-electron chi connectivity index (χ0n) is 9.52. The Kier molecular flexibility index (Phi) is 3.88. The summed E-state index contributed by atoms with van der Waals surface area (Å²) >= 11 is 0. The molecule has 1 N–H and O–H groups in total. The largest absolute Gasteiger partial charge is 0.392 e. The molecule has 1 heterocycles. The lowest BCUT2D eigenvalue weighted by Gasteiger charge is -2.20. The van der Waals surface area contributed by atoms with Gasteiger partial charge in [-0.3, -0.25) is 4.79 Å². The summed E-state index contributed by atoms with van der Waals surface area (Å²) in [7, 11) is 0. The van der Waals surface area contributed by atoms with Gasteiger partial charge in [0, 0.05) is 6.42 Å². The van der Waals surface area contributed by atoms with Crippen LogP contribution in [0.2, 0.25) is 0 Å². The summed E-state index contributed by atoms with van der Waals surface area (Å²) < 4.78 is 4.56. The Morgan fingerprint density at radius 1 is 1.24 bits per heavy atom. The van der Waals surface area contributed by atoms with E-state index in [1.807, 2.05) is 30.3 Å². The fourth-order valence-corrected chi connectivity index (χ4v) is 1.84. The van der Waals surface area contributed by atoms with Gasteiger partial charge in [-0.25, -0.2) is 4.79 Å². The van der Waals surface area contributed by atoms with E-state index in [4.69, 9.17) is 0 Å². The zero-order valence-corrected chi connectivity index (χ0v) is 9.52. The number of cyclic esters (lactones) is 2. The van der Waals surface area contributed by atoms with Crippen molar-refractivity contribution in [1.82, 2.24) is 5.32 Å². The number of carbonyl (C=O) groups is 2. The number of hydrogen-bond acceptors (Lipinski definition) is 4. The molecule has 1 aromatic carbocycles. The van der Waals surface area contributed by atoms with Crippen molar-refractivity contribution in [1.29, 1.82) is 0 Å². The van der Waals surface area contributed by atoms with Gasteiger partial charge >= 0.3 is 11.9 Å². The highest BCUT2D eigenvalue weighted by Gasteiger charge is 2.28. The van der Waals surface area contributed by atoms with E-state index in [0.29, 0.717) is 19.4 Å². The molecule has 17 heavy (non-hydrogen) atoms. The van der Waals surface area contributed by atoms with E-state index in [-0.39, 0.29) is 6.04 Å². The van der Waals surface area contributed by atoms with E-state index in [2.05, 4.69) is 10.1 Å². The van der Waals surface area contributed by atoms with Crippen molar-refractivity contribution in [2.24, 2.45) is 0 Å². The Morgan fingerprint density at radius 3 is 2.71 bits per heavy atom. The van der Waals surface area contributed by atoms with Crippen LogP contribution in [-0.4, -0.2) is 24.5 Å². The van der Waals surface area contributed by atoms with Crippen molar-refractivity contribution >= 4 is 11.9 Å². The van der Waals surface area contributed by atoms with E-state index in [1.54, 1.807) is 0 Å². The lowest BCUT2D eigenvalue weighted by atomic mass is 10.1. The molecule has 0 aliphatic carbocycles. The van der Waals surface area contributed by atoms with Crippen LogP contribution in [0.4, 0.5) is 0 Å². The standard InChI is InChI=1S/C13H15NO3/c15-12-7-6-11(13(16)17-12)14-9-8-10-4-2-1-3-5-10/h1-5,11,14H,6-9H2/t11-/m1/s1. The second-order valence-electron chi connectivity index (χ2n) is 4.07. The number of benzene rings is 1. The molecule has 2 rings (SSSR count). The SMILES string of the molecule is O=C1CC[C@@H](NCCc2ccccc2)C(=O)O1. The predicted octanol–water partition coefficient (Wildman–Crippen LogP) is 1.05. The molecular weight excluding hydrogens is 218 g/mol. The second kappa shape index (κ2) is 5.59. The molecule has 0 spiro atoms. The second-order valence-corrected chi connectivity index (χ2v) is 4.07. The fourth-order valence-electron chi connectivity index (χ4n) is 1.84. The van der Waals surface area contributed by atoms with Crippen molar-refractivity contribution < 1.29 is 14.3 Å². The van der Waals surface area contributed by atoms with Crippen LogP contribution in [0.3, 0.4) is 0 Å². The summed E-state index contributed by atoms with van der Waals surface area (Å²) in [5, 5.41) is 3.11. The molecule has 1 aliphatic heterocycles. The molecule has 1 fully saturated rings. The Morgan fingerprint density at radius 2 is 2.00 bits per heavy atom. The van der Waals surface area contributed by atoms with E-state index in [1.165, 1.54) is 5.56 Å². The van der Waals surface area contributed by atoms with Crippen LogP contribution in [0.1, 0.15) is 18.4 Å². The molecule has 1 aromatic rings. The fraction of sp³-hybridized carbons (Fsp3) is 0.385. The highest BCUT2D eigenvalue weighted by Crippen LogP contribution is 2.09. The van der Waals surface area contributed by atoms with Gasteiger partial charge in [-0.2, -0.15) is 0 Å². The average Bonchev–Trinajstić information content (AvgIpc) is 2.33. The Hall–Kier alpha value is -1.68. The van der Waals surface area contributed by atoms with Crippen LogP contribution in [0.15, 0.2) is 30.3 Å². The van der Waals surface area contributed by atoms with E-state index >= 15 is 0 Å². The molecule has 1 atom stereocenters. The van der Waals surface area contributed by atoms with Crippen molar-refractivity contribution in [3.63, 3.8) is 0 Å². The first kappa shape index (κ1) is 11.8. The van der Waals surface area contributed by atoms with Gasteiger partial charge in [0.15, 0.2) is 0 Å². The Bertz CT molecular complexity index is 402. The number of hydrogen-bond donors (Lipinski definition) is 1. The molecule has 1 aliphatic rings. The summed E-state index contributed by atoms with van der Waals surface area (Å²) in [6, 6.07) is 9.71. The van der Waals surface area contributed by atoms with Gasteiger partial charge < -0.3 is 10.1 Å².